The molecule has 0 unspecified atom stereocenters. The topological polar surface area (TPSA) is 64.2 Å². The van der Waals surface area contributed by atoms with E-state index in [2.05, 4.69) is 48.1 Å². The molecule has 1 aliphatic heterocycles. The van der Waals surface area contributed by atoms with Gasteiger partial charge in [-0.2, -0.15) is 5.10 Å². The van der Waals surface area contributed by atoms with Crippen LogP contribution in [0.15, 0.2) is 42.7 Å². The number of primary amides is 1. The Balaban J connectivity index is 1.53. The second kappa shape index (κ2) is 5.70. The second-order valence-corrected chi connectivity index (χ2v) is 8.38. The summed E-state index contributed by atoms with van der Waals surface area (Å²) in [6, 6.07) is 10.4. The molecule has 1 aliphatic carbocycles. The van der Waals surface area contributed by atoms with E-state index in [4.69, 9.17) is 5.73 Å². The van der Waals surface area contributed by atoms with E-state index < -0.39 is 0 Å². The third kappa shape index (κ3) is 2.67. The van der Waals surface area contributed by atoms with Gasteiger partial charge in [-0.15, -0.1) is 0 Å². The van der Waals surface area contributed by atoms with Gasteiger partial charge in [0.1, 0.15) is 0 Å². The number of rotatable bonds is 5. The van der Waals surface area contributed by atoms with Crippen LogP contribution < -0.4 is 5.73 Å². The van der Waals surface area contributed by atoms with Gasteiger partial charge in [-0.1, -0.05) is 38.1 Å². The highest BCUT2D eigenvalue weighted by molar-refractivity contribution is 5.83. The Labute approximate surface area is 148 Å². The quantitative estimate of drug-likeness (QED) is 0.909. The Kier molecular flexibility index (Phi) is 3.72. The minimum Gasteiger partial charge on any atom is -0.369 e. The predicted molar refractivity (Wildman–Crippen MR) is 96.6 cm³/mol. The van der Waals surface area contributed by atoms with Gasteiger partial charge in [0.2, 0.25) is 5.91 Å². The summed E-state index contributed by atoms with van der Waals surface area (Å²) < 4.78 is 1.94. The number of amides is 1. The minimum absolute atomic E-state index is 0.121. The minimum atomic E-state index is -0.319. The number of nitrogens with two attached hydrogens (primary N) is 1. The second-order valence-electron chi connectivity index (χ2n) is 8.38. The van der Waals surface area contributed by atoms with Crippen LogP contribution in [0.5, 0.6) is 0 Å². The summed E-state index contributed by atoms with van der Waals surface area (Å²) in [7, 11) is 0. The van der Waals surface area contributed by atoms with Gasteiger partial charge in [0.25, 0.3) is 0 Å². The van der Waals surface area contributed by atoms with Gasteiger partial charge in [0.15, 0.2) is 0 Å². The van der Waals surface area contributed by atoms with Crippen molar-refractivity contribution in [2.24, 2.45) is 22.5 Å². The van der Waals surface area contributed by atoms with Gasteiger partial charge in [-0.05, 0) is 34.9 Å². The number of aromatic nitrogens is 2. The first-order valence-electron chi connectivity index (χ1n) is 8.97. The fraction of sp³-hybridized carbons (Fsp3) is 0.500. The first kappa shape index (κ1) is 16.3. The monoisotopic (exact) mass is 338 g/mol. The summed E-state index contributed by atoms with van der Waals surface area (Å²) in [5.74, 6) is 0.250. The van der Waals surface area contributed by atoms with Crippen molar-refractivity contribution in [3.63, 3.8) is 0 Å². The first-order valence-corrected chi connectivity index (χ1v) is 8.97. The molecule has 2 N–H and O–H groups in total. The van der Waals surface area contributed by atoms with Gasteiger partial charge in [0, 0.05) is 32.0 Å². The number of carbonyl (C=O) groups is 1. The largest absolute Gasteiger partial charge is 0.369 e. The van der Waals surface area contributed by atoms with E-state index in [9.17, 15) is 4.79 Å². The van der Waals surface area contributed by atoms with Crippen LogP contribution in [0.2, 0.25) is 0 Å². The van der Waals surface area contributed by atoms with Gasteiger partial charge in [-0.3, -0.25) is 14.4 Å². The lowest BCUT2D eigenvalue weighted by molar-refractivity contribution is -0.148. The number of fused-ring (bicyclic) bond motifs is 1. The molecule has 1 amide bonds. The number of nitrogens with zero attached hydrogens (tertiary/aromatic N) is 3. The normalized spacial score (nSPS) is 27.7. The summed E-state index contributed by atoms with van der Waals surface area (Å²) in [5.41, 5.74) is 8.26. The molecule has 1 aromatic carbocycles. The summed E-state index contributed by atoms with van der Waals surface area (Å²) in [4.78, 5) is 14.5. The molecule has 132 valence electrons. The maximum Gasteiger partial charge on any atom is 0.225 e. The Hall–Kier alpha value is -2.14. The Morgan fingerprint density at radius 3 is 2.52 bits per heavy atom. The molecular weight excluding hydrogens is 312 g/mol. The molecule has 2 aliphatic rings. The Bertz CT molecular complexity index is 783. The van der Waals surface area contributed by atoms with E-state index in [-0.39, 0.29) is 16.7 Å². The molecule has 2 fully saturated rings. The summed E-state index contributed by atoms with van der Waals surface area (Å²) in [6.45, 7) is 7.88. The van der Waals surface area contributed by atoms with Gasteiger partial charge >= 0.3 is 0 Å². The average molecular weight is 338 g/mol. The Morgan fingerprint density at radius 1 is 1.24 bits per heavy atom. The fourth-order valence-electron chi connectivity index (χ4n) is 5.12. The van der Waals surface area contributed by atoms with Crippen LogP contribution in [0.4, 0.5) is 0 Å². The standard InChI is InChI=1S/C20H26N4O/c1-19(2)13-20(18(21)25)14-23(12-17(19)20)10-15-6-3-4-7-16(15)11-24-9-5-8-22-24/h3-9,17H,10-14H2,1-2H3,(H2,21,25)/t17-,20+/m1/s1. The molecule has 2 aromatic rings. The zero-order valence-corrected chi connectivity index (χ0v) is 15.0. The molecule has 0 spiro atoms. The molecule has 1 saturated heterocycles. The summed E-state index contributed by atoms with van der Waals surface area (Å²) in [5, 5.41) is 4.31. The number of hydrogen-bond acceptors (Lipinski definition) is 3. The highest BCUT2D eigenvalue weighted by atomic mass is 16.1. The lowest BCUT2D eigenvalue weighted by Gasteiger charge is -2.54. The van der Waals surface area contributed by atoms with Crippen molar-refractivity contribution in [2.45, 2.75) is 33.4 Å². The zero-order valence-electron chi connectivity index (χ0n) is 15.0. The molecule has 25 heavy (non-hydrogen) atoms. The van der Waals surface area contributed by atoms with Crippen molar-refractivity contribution in [1.82, 2.24) is 14.7 Å². The van der Waals surface area contributed by atoms with Crippen molar-refractivity contribution in [1.29, 1.82) is 0 Å². The molecule has 4 rings (SSSR count). The van der Waals surface area contributed by atoms with Crippen LogP contribution in [-0.4, -0.2) is 33.7 Å². The van der Waals surface area contributed by atoms with E-state index in [1.807, 2.05) is 16.9 Å². The van der Waals surface area contributed by atoms with E-state index in [1.165, 1.54) is 11.1 Å². The number of hydrogen-bond donors (Lipinski definition) is 1. The van der Waals surface area contributed by atoms with Crippen molar-refractivity contribution >= 4 is 5.91 Å². The van der Waals surface area contributed by atoms with Gasteiger partial charge < -0.3 is 5.73 Å². The predicted octanol–water partition coefficient (Wildman–Crippen LogP) is 2.26. The van der Waals surface area contributed by atoms with Crippen LogP contribution >= 0.6 is 0 Å². The van der Waals surface area contributed by atoms with Crippen LogP contribution in [0.3, 0.4) is 0 Å². The van der Waals surface area contributed by atoms with Gasteiger partial charge in [-0.25, -0.2) is 0 Å². The van der Waals surface area contributed by atoms with Gasteiger partial charge in [0.05, 0.1) is 12.0 Å². The summed E-state index contributed by atoms with van der Waals surface area (Å²) in [6.07, 6.45) is 4.70. The van der Waals surface area contributed by atoms with E-state index >= 15 is 0 Å². The molecule has 0 bridgehead atoms. The number of benzene rings is 1. The van der Waals surface area contributed by atoms with Crippen molar-refractivity contribution in [2.75, 3.05) is 13.1 Å². The number of carbonyl (C=O) groups excluding carboxylic acids is 1. The molecular formula is C20H26N4O. The van der Waals surface area contributed by atoms with E-state index in [0.29, 0.717) is 5.92 Å². The maximum atomic E-state index is 12.1. The van der Waals surface area contributed by atoms with Crippen LogP contribution in [0.1, 0.15) is 31.4 Å². The van der Waals surface area contributed by atoms with Crippen LogP contribution in [0, 0.1) is 16.7 Å². The fourth-order valence-corrected chi connectivity index (χ4v) is 5.12. The molecule has 5 heteroatoms. The zero-order chi connectivity index (χ0) is 17.7. The average Bonchev–Trinajstić information content (AvgIpc) is 3.16. The molecule has 2 atom stereocenters. The van der Waals surface area contributed by atoms with Crippen LogP contribution in [-0.2, 0) is 17.9 Å². The molecule has 2 heterocycles. The highest BCUT2D eigenvalue weighted by Crippen LogP contribution is 2.62. The molecule has 5 nitrogen and oxygen atoms in total. The third-order valence-electron chi connectivity index (χ3n) is 6.22. The number of likely N-dealkylation sites (tertiary alicyclic amines) is 1. The molecule has 1 aromatic heterocycles. The highest BCUT2D eigenvalue weighted by Gasteiger charge is 2.65. The summed E-state index contributed by atoms with van der Waals surface area (Å²) >= 11 is 0. The van der Waals surface area contributed by atoms with Crippen molar-refractivity contribution < 1.29 is 4.79 Å². The lowest BCUT2D eigenvalue weighted by atomic mass is 9.48. The molecule has 0 radical (unpaired) electrons. The smallest absolute Gasteiger partial charge is 0.225 e. The van der Waals surface area contributed by atoms with E-state index in [1.54, 1.807) is 6.20 Å². The maximum absolute atomic E-state index is 12.1. The SMILES string of the molecule is CC1(C)C[C@]2(C(N)=O)CN(Cc3ccccc3Cn3cccn3)C[C@H]12. The first-order chi connectivity index (χ1) is 11.9. The molecule has 1 saturated carbocycles. The van der Waals surface area contributed by atoms with Crippen molar-refractivity contribution in [3.8, 4) is 0 Å². The third-order valence-corrected chi connectivity index (χ3v) is 6.22. The van der Waals surface area contributed by atoms with E-state index in [0.717, 1.165) is 32.6 Å². The Morgan fingerprint density at radius 2 is 1.96 bits per heavy atom. The van der Waals surface area contributed by atoms with Crippen LogP contribution in [0.25, 0.3) is 0 Å². The lowest BCUT2D eigenvalue weighted by Crippen LogP contribution is -2.59. The van der Waals surface area contributed by atoms with Crippen molar-refractivity contribution in [3.05, 3.63) is 53.9 Å².